The fraction of sp³-hybridized carbons (Fsp3) is 0.0909. The Morgan fingerprint density at radius 2 is 1.94 bits per heavy atom. The number of nitrogen functional groups attached to an aromatic ring is 1. The molecule has 0 spiro atoms. The first-order chi connectivity index (χ1) is 8.16. The molecule has 0 bridgehead atoms. The summed E-state index contributed by atoms with van der Waals surface area (Å²) in [6, 6.07) is 10.4. The van der Waals surface area contributed by atoms with E-state index in [1.54, 1.807) is 0 Å². The zero-order valence-corrected chi connectivity index (χ0v) is 8.92. The third-order valence-electron chi connectivity index (χ3n) is 2.13. The molecule has 0 saturated heterocycles. The molecule has 0 atom stereocenters. The highest BCUT2D eigenvalue weighted by Crippen LogP contribution is 1.99. The summed E-state index contributed by atoms with van der Waals surface area (Å²) in [6.07, 6.45) is 0. The molecule has 88 valence electrons. The normalized spacial score (nSPS) is 10.1. The zero-order valence-electron chi connectivity index (χ0n) is 8.92. The molecule has 6 nitrogen and oxygen atoms in total. The van der Waals surface area contributed by atoms with Gasteiger partial charge in [-0.1, -0.05) is 30.3 Å². The van der Waals surface area contributed by atoms with Gasteiger partial charge >= 0.3 is 5.69 Å². The van der Waals surface area contributed by atoms with Gasteiger partial charge in [-0.3, -0.25) is 9.78 Å². The number of nitrogens with one attached hydrogen (secondary N) is 1. The highest BCUT2D eigenvalue weighted by Gasteiger charge is 2.03. The SMILES string of the molecule is Nc1cc(=O)[nH]c(=O)n1OCc1ccccc1. The van der Waals surface area contributed by atoms with E-state index < -0.39 is 11.2 Å². The van der Waals surface area contributed by atoms with Gasteiger partial charge in [-0.05, 0) is 5.56 Å². The number of aromatic amines is 1. The van der Waals surface area contributed by atoms with Crippen molar-refractivity contribution in [3.63, 3.8) is 0 Å². The average molecular weight is 233 g/mol. The van der Waals surface area contributed by atoms with Crippen molar-refractivity contribution in [2.24, 2.45) is 0 Å². The quantitative estimate of drug-likeness (QED) is 0.764. The summed E-state index contributed by atoms with van der Waals surface area (Å²) in [4.78, 5) is 29.6. The second kappa shape index (κ2) is 4.56. The molecule has 0 aliphatic heterocycles. The number of rotatable bonds is 3. The second-order valence-corrected chi connectivity index (χ2v) is 3.42. The maximum Gasteiger partial charge on any atom is 0.363 e. The highest BCUT2D eigenvalue weighted by molar-refractivity contribution is 5.25. The van der Waals surface area contributed by atoms with Crippen molar-refractivity contribution in [3.05, 3.63) is 62.8 Å². The molecular weight excluding hydrogens is 222 g/mol. The van der Waals surface area contributed by atoms with E-state index in [0.717, 1.165) is 16.4 Å². The number of hydrogen-bond acceptors (Lipinski definition) is 4. The molecule has 3 N–H and O–H groups in total. The van der Waals surface area contributed by atoms with Crippen LogP contribution in [0.5, 0.6) is 0 Å². The van der Waals surface area contributed by atoms with E-state index in [0.29, 0.717) is 0 Å². The van der Waals surface area contributed by atoms with E-state index in [1.165, 1.54) is 0 Å². The Morgan fingerprint density at radius 1 is 1.24 bits per heavy atom. The minimum absolute atomic E-state index is 0.0327. The van der Waals surface area contributed by atoms with Gasteiger partial charge in [0.1, 0.15) is 6.61 Å². The lowest BCUT2D eigenvalue weighted by Gasteiger charge is -2.09. The molecule has 0 unspecified atom stereocenters. The smallest absolute Gasteiger partial charge is 0.363 e. The Balaban J connectivity index is 2.21. The van der Waals surface area contributed by atoms with Gasteiger partial charge in [0, 0.05) is 6.07 Å². The van der Waals surface area contributed by atoms with Crippen LogP contribution in [0, 0.1) is 0 Å². The van der Waals surface area contributed by atoms with Crippen LogP contribution in [0.15, 0.2) is 46.0 Å². The van der Waals surface area contributed by atoms with Crippen LogP contribution < -0.4 is 21.8 Å². The standard InChI is InChI=1S/C11H11N3O3/c12-9-6-10(15)13-11(16)14(9)17-7-8-4-2-1-3-5-8/h1-6H,7,12H2,(H,13,15,16). The lowest BCUT2D eigenvalue weighted by Crippen LogP contribution is -2.35. The first-order valence-corrected chi connectivity index (χ1v) is 4.96. The molecular formula is C11H11N3O3. The van der Waals surface area contributed by atoms with Crippen molar-refractivity contribution in [2.45, 2.75) is 6.61 Å². The molecule has 0 amide bonds. The topological polar surface area (TPSA) is 90.1 Å². The van der Waals surface area contributed by atoms with Crippen molar-refractivity contribution in [1.82, 2.24) is 9.71 Å². The van der Waals surface area contributed by atoms with E-state index in [-0.39, 0.29) is 12.4 Å². The predicted octanol–water partition coefficient (Wildman–Crippen LogP) is -0.252. The summed E-state index contributed by atoms with van der Waals surface area (Å²) >= 11 is 0. The lowest BCUT2D eigenvalue weighted by atomic mass is 10.2. The third kappa shape index (κ3) is 2.54. The van der Waals surface area contributed by atoms with Gasteiger partial charge < -0.3 is 10.6 Å². The number of H-pyrrole nitrogens is 1. The van der Waals surface area contributed by atoms with E-state index in [9.17, 15) is 9.59 Å². The Hall–Kier alpha value is -2.50. The number of hydrogen-bond donors (Lipinski definition) is 2. The van der Waals surface area contributed by atoms with Crippen molar-refractivity contribution in [2.75, 3.05) is 5.73 Å². The van der Waals surface area contributed by atoms with Gasteiger partial charge in [0.2, 0.25) is 0 Å². The summed E-state index contributed by atoms with van der Waals surface area (Å²) in [5.74, 6) is -0.0327. The van der Waals surface area contributed by atoms with Crippen molar-refractivity contribution in [3.8, 4) is 0 Å². The highest BCUT2D eigenvalue weighted by atomic mass is 16.7. The van der Waals surface area contributed by atoms with Gasteiger partial charge in [-0.25, -0.2) is 4.79 Å². The molecule has 2 aromatic rings. The van der Waals surface area contributed by atoms with Crippen LogP contribution >= 0.6 is 0 Å². The van der Waals surface area contributed by atoms with Crippen LogP contribution in [0.2, 0.25) is 0 Å². The Kier molecular flexibility index (Phi) is 2.95. The number of benzene rings is 1. The van der Waals surface area contributed by atoms with Crippen molar-refractivity contribution in [1.29, 1.82) is 0 Å². The van der Waals surface area contributed by atoms with Gasteiger partial charge in [-0.2, -0.15) is 0 Å². The Bertz CT molecular complexity index is 616. The molecule has 1 aromatic heterocycles. The Morgan fingerprint density at radius 3 is 2.59 bits per heavy atom. The number of aromatic nitrogens is 2. The van der Waals surface area contributed by atoms with E-state index in [1.807, 2.05) is 30.3 Å². The van der Waals surface area contributed by atoms with E-state index in [2.05, 4.69) is 4.98 Å². The first kappa shape index (κ1) is 11.0. The fourth-order valence-corrected chi connectivity index (χ4v) is 1.35. The number of nitrogens with zero attached hydrogens (tertiary/aromatic N) is 1. The van der Waals surface area contributed by atoms with Crippen molar-refractivity contribution < 1.29 is 4.84 Å². The first-order valence-electron chi connectivity index (χ1n) is 4.96. The lowest BCUT2D eigenvalue weighted by molar-refractivity contribution is 0.0906. The minimum Gasteiger partial charge on any atom is -0.403 e. The summed E-state index contributed by atoms with van der Waals surface area (Å²) in [5.41, 5.74) is 5.16. The largest absolute Gasteiger partial charge is 0.403 e. The van der Waals surface area contributed by atoms with Crippen LogP contribution in [0.3, 0.4) is 0 Å². The monoisotopic (exact) mass is 233 g/mol. The van der Waals surface area contributed by atoms with Gasteiger partial charge in [0.25, 0.3) is 5.56 Å². The Labute approximate surface area is 96.2 Å². The second-order valence-electron chi connectivity index (χ2n) is 3.42. The molecule has 0 saturated carbocycles. The third-order valence-corrected chi connectivity index (χ3v) is 2.13. The zero-order chi connectivity index (χ0) is 12.3. The molecule has 0 fully saturated rings. The molecule has 0 radical (unpaired) electrons. The van der Waals surface area contributed by atoms with Gasteiger partial charge in [0.15, 0.2) is 5.82 Å². The van der Waals surface area contributed by atoms with Gasteiger partial charge in [0.05, 0.1) is 0 Å². The summed E-state index contributed by atoms with van der Waals surface area (Å²) in [5, 5.41) is 0. The van der Waals surface area contributed by atoms with E-state index in [4.69, 9.17) is 10.6 Å². The van der Waals surface area contributed by atoms with Crippen molar-refractivity contribution >= 4 is 5.82 Å². The fourth-order valence-electron chi connectivity index (χ4n) is 1.35. The molecule has 0 aliphatic rings. The average Bonchev–Trinajstić information content (AvgIpc) is 2.29. The van der Waals surface area contributed by atoms with Crippen LogP contribution in [-0.4, -0.2) is 9.71 Å². The van der Waals surface area contributed by atoms with Crippen LogP contribution in [0.25, 0.3) is 0 Å². The minimum atomic E-state index is -0.689. The summed E-state index contributed by atoms with van der Waals surface area (Å²) in [6.45, 7) is 0.191. The maximum atomic E-state index is 11.4. The maximum absolute atomic E-state index is 11.4. The molecule has 17 heavy (non-hydrogen) atoms. The van der Waals surface area contributed by atoms with Crippen LogP contribution in [-0.2, 0) is 6.61 Å². The van der Waals surface area contributed by atoms with E-state index >= 15 is 0 Å². The molecule has 2 rings (SSSR count). The van der Waals surface area contributed by atoms with Gasteiger partial charge in [-0.15, -0.1) is 4.73 Å². The predicted molar refractivity (Wildman–Crippen MR) is 62.5 cm³/mol. The molecule has 1 heterocycles. The number of anilines is 1. The van der Waals surface area contributed by atoms with Crippen LogP contribution in [0.1, 0.15) is 5.56 Å². The summed E-state index contributed by atoms with van der Waals surface area (Å²) < 4.78 is 0.856. The van der Waals surface area contributed by atoms with Crippen LogP contribution in [0.4, 0.5) is 5.82 Å². The molecule has 1 aromatic carbocycles. The molecule has 6 heteroatoms. The molecule has 0 aliphatic carbocycles. The summed E-state index contributed by atoms with van der Waals surface area (Å²) in [7, 11) is 0. The number of nitrogens with two attached hydrogens (primary N) is 1.